The van der Waals surface area contributed by atoms with Gasteiger partial charge in [-0.05, 0) is 26.0 Å². The molecule has 1 heterocycles. The van der Waals surface area contributed by atoms with E-state index in [-0.39, 0.29) is 28.0 Å². The normalized spacial score (nSPS) is 12.2. The van der Waals surface area contributed by atoms with Crippen LogP contribution in [0.1, 0.15) is 35.0 Å². The molecule has 0 saturated carbocycles. The van der Waals surface area contributed by atoms with Crippen molar-refractivity contribution in [2.24, 2.45) is 0 Å². The van der Waals surface area contributed by atoms with Crippen molar-refractivity contribution >= 4 is 28.9 Å². The fraction of sp³-hybridized carbons (Fsp3) is 0.231. The molecular formula is C13H14ClN3O3. The first-order valence-electron chi connectivity index (χ1n) is 5.89. The molecule has 0 amide bonds. The molecule has 1 aromatic heterocycles. The summed E-state index contributed by atoms with van der Waals surface area (Å²) >= 11 is 6.06. The second-order valence-corrected chi connectivity index (χ2v) is 4.81. The van der Waals surface area contributed by atoms with Gasteiger partial charge in [0.1, 0.15) is 11.8 Å². The number of nitrogen functional groups attached to an aromatic ring is 1. The fourth-order valence-corrected chi connectivity index (χ4v) is 2.08. The quantitative estimate of drug-likeness (QED) is 0.749. The number of anilines is 2. The highest BCUT2D eigenvalue weighted by Crippen LogP contribution is 2.32. The fourth-order valence-electron chi connectivity index (χ4n) is 1.79. The van der Waals surface area contributed by atoms with Crippen LogP contribution in [0, 0.1) is 6.92 Å². The van der Waals surface area contributed by atoms with E-state index in [1.54, 1.807) is 20.0 Å². The molecule has 6 nitrogen and oxygen atoms in total. The SMILES string of the molecule is Cc1cnc(C(C)Nc2c(Cl)cc(N)cc2C(=O)O)o1. The summed E-state index contributed by atoms with van der Waals surface area (Å²) in [5.41, 5.74) is 6.19. The lowest BCUT2D eigenvalue weighted by Crippen LogP contribution is -2.12. The van der Waals surface area contributed by atoms with Gasteiger partial charge in [-0.2, -0.15) is 0 Å². The summed E-state index contributed by atoms with van der Waals surface area (Å²) in [6, 6.07) is 2.51. The lowest BCUT2D eigenvalue weighted by atomic mass is 10.1. The number of nitrogens with two attached hydrogens (primary N) is 1. The zero-order chi connectivity index (χ0) is 14.9. The Balaban J connectivity index is 2.35. The molecule has 20 heavy (non-hydrogen) atoms. The number of hydrogen-bond acceptors (Lipinski definition) is 5. The Bertz CT molecular complexity index is 654. The van der Waals surface area contributed by atoms with E-state index in [9.17, 15) is 9.90 Å². The standard InChI is InChI=1S/C13H14ClN3O3/c1-6-5-16-12(20-6)7(2)17-11-9(13(18)19)3-8(15)4-10(11)14/h3-5,7,17H,15H2,1-2H3,(H,18,19). The smallest absolute Gasteiger partial charge is 0.337 e. The molecular weight excluding hydrogens is 282 g/mol. The van der Waals surface area contributed by atoms with Crippen LogP contribution in [0.4, 0.5) is 11.4 Å². The number of rotatable bonds is 4. The molecule has 0 aliphatic heterocycles. The summed E-state index contributed by atoms with van der Waals surface area (Å²) < 4.78 is 5.39. The van der Waals surface area contributed by atoms with Crippen molar-refractivity contribution in [3.8, 4) is 0 Å². The molecule has 0 aliphatic rings. The number of benzene rings is 1. The van der Waals surface area contributed by atoms with E-state index in [4.69, 9.17) is 21.8 Å². The van der Waals surface area contributed by atoms with Crippen LogP contribution in [0.5, 0.6) is 0 Å². The van der Waals surface area contributed by atoms with Crippen molar-refractivity contribution in [3.63, 3.8) is 0 Å². The average Bonchev–Trinajstić information content (AvgIpc) is 2.78. The average molecular weight is 296 g/mol. The number of aryl methyl sites for hydroxylation is 1. The van der Waals surface area contributed by atoms with Crippen molar-refractivity contribution in [2.75, 3.05) is 11.1 Å². The minimum atomic E-state index is -1.11. The number of halogens is 1. The van der Waals surface area contributed by atoms with Crippen molar-refractivity contribution in [1.29, 1.82) is 0 Å². The first-order chi connectivity index (χ1) is 9.38. The molecule has 2 rings (SSSR count). The van der Waals surface area contributed by atoms with Crippen LogP contribution in [0.2, 0.25) is 5.02 Å². The molecule has 0 saturated heterocycles. The van der Waals surface area contributed by atoms with Gasteiger partial charge in [-0.1, -0.05) is 11.6 Å². The van der Waals surface area contributed by atoms with Gasteiger partial charge in [0.15, 0.2) is 0 Å². The van der Waals surface area contributed by atoms with E-state index in [0.29, 0.717) is 11.7 Å². The highest BCUT2D eigenvalue weighted by Gasteiger charge is 2.19. The van der Waals surface area contributed by atoms with Crippen LogP contribution in [0.3, 0.4) is 0 Å². The van der Waals surface area contributed by atoms with Crippen LogP contribution < -0.4 is 11.1 Å². The predicted molar refractivity (Wildman–Crippen MR) is 76.1 cm³/mol. The van der Waals surface area contributed by atoms with E-state index in [1.165, 1.54) is 12.1 Å². The van der Waals surface area contributed by atoms with Gasteiger partial charge in [0.25, 0.3) is 0 Å². The molecule has 0 spiro atoms. The van der Waals surface area contributed by atoms with Gasteiger partial charge in [-0.3, -0.25) is 0 Å². The monoisotopic (exact) mass is 295 g/mol. The third kappa shape index (κ3) is 2.85. The molecule has 0 bridgehead atoms. The summed E-state index contributed by atoms with van der Waals surface area (Å²) in [6.07, 6.45) is 1.59. The van der Waals surface area contributed by atoms with Crippen LogP contribution in [0.25, 0.3) is 0 Å². The minimum absolute atomic E-state index is 0.00475. The summed E-state index contributed by atoms with van der Waals surface area (Å²) in [7, 11) is 0. The number of oxazole rings is 1. The zero-order valence-electron chi connectivity index (χ0n) is 11.0. The predicted octanol–water partition coefficient (Wildman–Crippen LogP) is 3.09. The molecule has 4 N–H and O–H groups in total. The van der Waals surface area contributed by atoms with Crippen LogP contribution in [0.15, 0.2) is 22.7 Å². The minimum Gasteiger partial charge on any atom is -0.478 e. The Kier molecular flexibility index (Phi) is 3.85. The van der Waals surface area contributed by atoms with Crippen molar-refractivity contribution in [1.82, 2.24) is 4.98 Å². The lowest BCUT2D eigenvalue weighted by Gasteiger charge is -2.16. The van der Waals surface area contributed by atoms with Crippen molar-refractivity contribution < 1.29 is 14.3 Å². The topological polar surface area (TPSA) is 101 Å². The third-order valence-corrected chi connectivity index (χ3v) is 3.01. The molecule has 0 radical (unpaired) electrons. The Morgan fingerprint density at radius 3 is 2.80 bits per heavy atom. The second-order valence-electron chi connectivity index (χ2n) is 4.41. The van der Waals surface area contributed by atoms with Gasteiger partial charge >= 0.3 is 5.97 Å². The first kappa shape index (κ1) is 14.2. The van der Waals surface area contributed by atoms with E-state index in [0.717, 1.165) is 0 Å². The van der Waals surface area contributed by atoms with Crippen LogP contribution >= 0.6 is 11.6 Å². The lowest BCUT2D eigenvalue weighted by molar-refractivity contribution is 0.0698. The second kappa shape index (κ2) is 5.42. The number of nitrogens with zero attached hydrogens (tertiary/aromatic N) is 1. The van der Waals surface area contributed by atoms with Gasteiger partial charge in [0.2, 0.25) is 5.89 Å². The molecule has 7 heteroatoms. The van der Waals surface area contributed by atoms with E-state index < -0.39 is 5.97 Å². The largest absolute Gasteiger partial charge is 0.478 e. The Hall–Kier alpha value is -2.21. The molecule has 1 atom stereocenters. The molecule has 1 aromatic carbocycles. The Labute approximate surface area is 120 Å². The van der Waals surface area contributed by atoms with E-state index in [1.807, 2.05) is 0 Å². The highest BCUT2D eigenvalue weighted by molar-refractivity contribution is 6.34. The maximum absolute atomic E-state index is 11.3. The Morgan fingerprint density at radius 2 is 2.25 bits per heavy atom. The van der Waals surface area contributed by atoms with Crippen molar-refractivity contribution in [3.05, 3.63) is 40.6 Å². The molecule has 0 fully saturated rings. The van der Waals surface area contributed by atoms with Crippen molar-refractivity contribution in [2.45, 2.75) is 19.9 Å². The molecule has 1 unspecified atom stereocenters. The number of carboxylic acid groups (broad SMARTS) is 1. The van der Waals surface area contributed by atoms with E-state index in [2.05, 4.69) is 10.3 Å². The van der Waals surface area contributed by atoms with Crippen LogP contribution in [-0.2, 0) is 0 Å². The van der Waals surface area contributed by atoms with Gasteiger partial charge in [0.05, 0.1) is 22.5 Å². The Morgan fingerprint density at radius 1 is 1.55 bits per heavy atom. The molecule has 0 aliphatic carbocycles. The summed E-state index contributed by atoms with van der Waals surface area (Å²) in [4.78, 5) is 15.3. The first-order valence-corrected chi connectivity index (χ1v) is 6.27. The van der Waals surface area contributed by atoms with Crippen LogP contribution in [-0.4, -0.2) is 16.1 Å². The number of carbonyl (C=O) groups is 1. The highest BCUT2D eigenvalue weighted by atomic mass is 35.5. The van der Waals surface area contributed by atoms with Gasteiger partial charge in [0, 0.05) is 5.69 Å². The number of aromatic carboxylic acids is 1. The zero-order valence-corrected chi connectivity index (χ0v) is 11.7. The van der Waals surface area contributed by atoms with Gasteiger partial charge in [-0.25, -0.2) is 9.78 Å². The number of carboxylic acids is 1. The van der Waals surface area contributed by atoms with Gasteiger partial charge in [-0.15, -0.1) is 0 Å². The van der Waals surface area contributed by atoms with Gasteiger partial charge < -0.3 is 20.6 Å². The number of nitrogens with one attached hydrogen (secondary N) is 1. The maximum Gasteiger partial charge on any atom is 0.337 e. The summed E-state index contributed by atoms with van der Waals surface area (Å²) in [5, 5.41) is 12.4. The summed E-state index contributed by atoms with van der Waals surface area (Å²) in [6.45, 7) is 3.58. The molecule has 106 valence electrons. The third-order valence-electron chi connectivity index (χ3n) is 2.71. The molecule has 2 aromatic rings. The number of aromatic nitrogens is 1. The summed E-state index contributed by atoms with van der Waals surface area (Å²) in [5.74, 6) is 0.0136. The maximum atomic E-state index is 11.3. The van der Waals surface area contributed by atoms with E-state index >= 15 is 0 Å². The number of hydrogen-bond donors (Lipinski definition) is 3.